The van der Waals surface area contributed by atoms with Crippen LogP contribution in [0.25, 0.3) is 0 Å². The molecule has 0 radical (unpaired) electrons. The van der Waals surface area contributed by atoms with Crippen LogP contribution in [0.1, 0.15) is 43.0 Å². The van der Waals surface area contributed by atoms with Gasteiger partial charge in [0, 0.05) is 11.7 Å². The van der Waals surface area contributed by atoms with Crippen LogP contribution in [0, 0.1) is 5.92 Å². The van der Waals surface area contributed by atoms with E-state index in [1.807, 2.05) is 0 Å². The minimum atomic E-state index is -0.501. The number of carbonyl (C=O) groups excluding carboxylic acids is 2. The standard InChI is InChI=1S/C16H23N3O2/c1-11-6-2-4-8-13(11)19-15(20)10-18-14-9-5-3-7-12(14)16(17)21/h3,5,7,9,11,13,18H,2,4,6,8,10H2,1H3,(H2,17,21)(H,19,20)/t11-,13+/m1/s1. The van der Waals surface area contributed by atoms with Gasteiger partial charge in [-0.3, -0.25) is 9.59 Å². The Morgan fingerprint density at radius 1 is 1.24 bits per heavy atom. The number of nitrogens with one attached hydrogen (secondary N) is 2. The summed E-state index contributed by atoms with van der Waals surface area (Å²) in [6.45, 7) is 2.33. The molecule has 0 aromatic heterocycles. The third kappa shape index (κ3) is 4.21. The second-order valence-electron chi connectivity index (χ2n) is 5.70. The van der Waals surface area contributed by atoms with Crippen LogP contribution in [0.2, 0.25) is 0 Å². The maximum absolute atomic E-state index is 12.0. The van der Waals surface area contributed by atoms with Crippen LogP contribution in [-0.2, 0) is 4.79 Å². The van der Waals surface area contributed by atoms with E-state index in [2.05, 4.69) is 17.6 Å². The normalized spacial score (nSPS) is 21.6. The molecule has 1 aliphatic rings. The number of nitrogens with two attached hydrogens (primary N) is 1. The molecule has 0 heterocycles. The average molecular weight is 289 g/mol. The van der Waals surface area contributed by atoms with Gasteiger partial charge in [0.1, 0.15) is 0 Å². The molecule has 21 heavy (non-hydrogen) atoms. The van der Waals surface area contributed by atoms with Crippen molar-refractivity contribution in [3.8, 4) is 0 Å². The zero-order chi connectivity index (χ0) is 15.2. The van der Waals surface area contributed by atoms with Crippen LogP contribution in [-0.4, -0.2) is 24.4 Å². The number of rotatable bonds is 5. The molecule has 5 heteroatoms. The van der Waals surface area contributed by atoms with Crippen molar-refractivity contribution in [1.82, 2.24) is 5.32 Å². The van der Waals surface area contributed by atoms with E-state index in [9.17, 15) is 9.59 Å². The molecule has 0 unspecified atom stereocenters. The van der Waals surface area contributed by atoms with Gasteiger partial charge in [0.25, 0.3) is 5.91 Å². The molecule has 114 valence electrons. The van der Waals surface area contributed by atoms with Gasteiger partial charge < -0.3 is 16.4 Å². The van der Waals surface area contributed by atoms with E-state index in [4.69, 9.17) is 5.73 Å². The fraction of sp³-hybridized carbons (Fsp3) is 0.500. The summed E-state index contributed by atoms with van der Waals surface area (Å²) < 4.78 is 0. The van der Waals surface area contributed by atoms with Gasteiger partial charge in [-0.1, -0.05) is 31.9 Å². The highest BCUT2D eigenvalue weighted by Crippen LogP contribution is 2.23. The van der Waals surface area contributed by atoms with Crippen molar-refractivity contribution in [2.75, 3.05) is 11.9 Å². The summed E-state index contributed by atoms with van der Waals surface area (Å²) in [7, 11) is 0. The van der Waals surface area contributed by atoms with Gasteiger partial charge in [0.15, 0.2) is 0 Å². The van der Waals surface area contributed by atoms with Crippen molar-refractivity contribution in [2.45, 2.75) is 38.6 Å². The number of anilines is 1. The molecule has 1 aromatic rings. The number of amides is 2. The first-order valence-corrected chi connectivity index (χ1v) is 7.50. The summed E-state index contributed by atoms with van der Waals surface area (Å²) in [5.74, 6) is -0.0203. The van der Waals surface area contributed by atoms with E-state index in [-0.39, 0.29) is 18.5 Å². The summed E-state index contributed by atoms with van der Waals surface area (Å²) >= 11 is 0. The zero-order valence-electron chi connectivity index (χ0n) is 12.4. The summed E-state index contributed by atoms with van der Waals surface area (Å²) in [6.07, 6.45) is 4.64. The molecule has 2 atom stereocenters. The second-order valence-corrected chi connectivity index (χ2v) is 5.70. The summed E-state index contributed by atoms with van der Waals surface area (Å²) in [6, 6.07) is 7.20. The van der Waals surface area contributed by atoms with Crippen LogP contribution in [0.15, 0.2) is 24.3 Å². The van der Waals surface area contributed by atoms with Crippen molar-refractivity contribution in [1.29, 1.82) is 0 Å². The summed E-state index contributed by atoms with van der Waals surface area (Å²) in [5.41, 5.74) is 6.30. The number of primary amides is 1. The molecule has 2 amide bonds. The highest BCUT2D eigenvalue weighted by molar-refractivity contribution is 5.99. The Labute approximate surface area is 125 Å². The Morgan fingerprint density at radius 2 is 1.95 bits per heavy atom. The van der Waals surface area contributed by atoms with Gasteiger partial charge in [-0.05, 0) is 30.9 Å². The minimum Gasteiger partial charge on any atom is -0.376 e. The summed E-state index contributed by atoms with van der Waals surface area (Å²) in [5, 5.41) is 6.06. The number of benzene rings is 1. The lowest BCUT2D eigenvalue weighted by Gasteiger charge is -2.29. The first kappa shape index (κ1) is 15.4. The monoisotopic (exact) mass is 289 g/mol. The molecule has 1 saturated carbocycles. The highest BCUT2D eigenvalue weighted by Gasteiger charge is 2.22. The van der Waals surface area contributed by atoms with Gasteiger partial charge in [-0.15, -0.1) is 0 Å². The number of hydrogen-bond donors (Lipinski definition) is 3. The highest BCUT2D eigenvalue weighted by atomic mass is 16.2. The molecule has 1 aromatic carbocycles. The first-order valence-electron chi connectivity index (χ1n) is 7.50. The molecule has 5 nitrogen and oxygen atoms in total. The van der Waals surface area contributed by atoms with Crippen LogP contribution >= 0.6 is 0 Å². The average Bonchev–Trinajstić information content (AvgIpc) is 2.48. The predicted octanol–water partition coefficient (Wildman–Crippen LogP) is 1.89. The van der Waals surface area contributed by atoms with Crippen LogP contribution in [0.3, 0.4) is 0 Å². The number of para-hydroxylation sites is 1. The van der Waals surface area contributed by atoms with Crippen LogP contribution in [0.4, 0.5) is 5.69 Å². The van der Waals surface area contributed by atoms with Gasteiger partial charge >= 0.3 is 0 Å². The lowest BCUT2D eigenvalue weighted by atomic mass is 9.86. The Morgan fingerprint density at radius 3 is 2.67 bits per heavy atom. The fourth-order valence-corrected chi connectivity index (χ4v) is 2.82. The lowest BCUT2D eigenvalue weighted by Crippen LogP contribution is -2.43. The smallest absolute Gasteiger partial charge is 0.250 e. The van der Waals surface area contributed by atoms with Gasteiger partial charge in [0.05, 0.1) is 12.1 Å². The maximum Gasteiger partial charge on any atom is 0.250 e. The number of carbonyl (C=O) groups is 2. The van der Waals surface area contributed by atoms with Crippen molar-refractivity contribution >= 4 is 17.5 Å². The fourth-order valence-electron chi connectivity index (χ4n) is 2.82. The van der Waals surface area contributed by atoms with Gasteiger partial charge in [-0.25, -0.2) is 0 Å². The molecular weight excluding hydrogens is 266 g/mol. The van der Waals surface area contributed by atoms with E-state index in [1.165, 1.54) is 19.3 Å². The predicted molar refractivity (Wildman–Crippen MR) is 83.0 cm³/mol. The quantitative estimate of drug-likeness (QED) is 0.774. The molecular formula is C16H23N3O2. The van der Waals surface area contributed by atoms with Crippen LogP contribution in [0.5, 0.6) is 0 Å². The summed E-state index contributed by atoms with van der Waals surface area (Å²) in [4.78, 5) is 23.3. The van der Waals surface area contributed by atoms with Crippen molar-refractivity contribution < 1.29 is 9.59 Å². The minimum absolute atomic E-state index is 0.0481. The molecule has 0 spiro atoms. The van der Waals surface area contributed by atoms with E-state index in [0.717, 1.165) is 6.42 Å². The molecule has 1 fully saturated rings. The van der Waals surface area contributed by atoms with Crippen LogP contribution < -0.4 is 16.4 Å². The van der Waals surface area contributed by atoms with Crippen molar-refractivity contribution in [2.24, 2.45) is 11.7 Å². The maximum atomic E-state index is 12.0. The van der Waals surface area contributed by atoms with E-state index in [1.54, 1.807) is 24.3 Å². The molecule has 2 rings (SSSR count). The third-order valence-corrected chi connectivity index (χ3v) is 4.09. The first-order chi connectivity index (χ1) is 10.1. The third-order valence-electron chi connectivity index (χ3n) is 4.09. The van der Waals surface area contributed by atoms with E-state index >= 15 is 0 Å². The lowest BCUT2D eigenvalue weighted by molar-refractivity contribution is -0.120. The van der Waals surface area contributed by atoms with Crippen molar-refractivity contribution in [3.05, 3.63) is 29.8 Å². The Balaban J connectivity index is 1.88. The second kappa shape index (κ2) is 7.11. The largest absolute Gasteiger partial charge is 0.376 e. The zero-order valence-corrected chi connectivity index (χ0v) is 12.4. The van der Waals surface area contributed by atoms with Gasteiger partial charge in [-0.2, -0.15) is 0 Å². The SMILES string of the molecule is C[C@@H]1CCCC[C@@H]1NC(=O)CNc1ccccc1C(N)=O. The molecule has 1 aliphatic carbocycles. The Kier molecular flexibility index (Phi) is 5.20. The molecule has 4 N–H and O–H groups in total. The van der Waals surface area contributed by atoms with Gasteiger partial charge in [0.2, 0.25) is 5.91 Å². The molecule has 0 aliphatic heterocycles. The Bertz CT molecular complexity index is 516. The molecule has 0 bridgehead atoms. The Hall–Kier alpha value is -2.04. The van der Waals surface area contributed by atoms with E-state index in [0.29, 0.717) is 17.2 Å². The topological polar surface area (TPSA) is 84.2 Å². The van der Waals surface area contributed by atoms with E-state index < -0.39 is 5.91 Å². The molecule has 0 saturated heterocycles. The number of hydrogen-bond acceptors (Lipinski definition) is 3. The van der Waals surface area contributed by atoms with Crippen molar-refractivity contribution in [3.63, 3.8) is 0 Å².